The fourth-order valence-corrected chi connectivity index (χ4v) is 2.53. The van der Waals surface area contributed by atoms with Crippen LogP contribution in [0.2, 0.25) is 5.02 Å². The van der Waals surface area contributed by atoms with Crippen molar-refractivity contribution >= 4 is 11.6 Å². The minimum absolute atomic E-state index is 0.211. The van der Waals surface area contributed by atoms with Crippen molar-refractivity contribution < 1.29 is 9.13 Å². The highest BCUT2D eigenvalue weighted by atomic mass is 35.5. The molecule has 0 amide bonds. The molecule has 0 fully saturated rings. The predicted molar refractivity (Wildman–Crippen MR) is 73.4 cm³/mol. The van der Waals surface area contributed by atoms with Crippen LogP contribution >= 0.6 is 11.6 Å². The van der Waals surface area contributed by atoms with Crippen molar-refractivity contribution in [3.8, 4) is 0 Å². The molecule has 0 aliphatic heterocycles. The van der Waals surface area contributed by atoms with Crippen LogP contribution in [0.4, 0.5) is 4.39 Å². The SMILES string of the molecule is CCC(CC)(OC)C(N)Cc1cc(F)ccc1Cl. The molecule has 0 heterocycles. The zero-order chi connectivity index (χ0) is 13.8. The molecule has 102 valence electrons. The number of halogens is 2. The Balaban J connectivity index is 2.92. The lowest BCUT2D eigenvalue weighted by Crippen LogP contribution is -2.50. The van der Waals surface area contributed by atoms with Crippen LogP contribution in [-0.4, -0.2) is 18.8 Å². The Morgan fingerprint density at radius 3 is 2.50 bits per heavy atom. The molecule has 1 atom stereocenters. The van der Waals surface area contributed by atoms with E-state index in [9.17, 15) is 4.39 Å². The van der Waals surface area contributed by atoms with Crippen LogP contribution in [-0.2, 0) is 11.2 Å². The van der Waals surface area contributed by atoms with Gasteiger partial charge in [-0.2, -0.15) is 0 Å². The van der Waals surface area contributed by atoms with Crippen LogP contribution in [0.25, 0.3) is 0 Å². The number of rotatable bonds is 6. The summed E-state index contributed by atoms with van der Waals surface area (Å²) in [6.45, 7) is 4.08. The first kappa shape index (κ1) is 15.4. The van der Waals surface area contributed by atoms with Crippen molar-refractivity contribution in [3.05, 3.63) is 34.6 Å². The Hall–Kier alpha value is -0.640. The van der Waals surface area contributed by atoms with Crippen molar-refractivity contribution in [2.45, 2.75) is 44.8 Å². The number of ether oxygens (including phenoxy) is 1. The fraction of sp³-hybridized carbons (Fsp3) is 0.571. The molecule has 0 aliphatic rings. The zero-order valence-electron chi connectivity index (χ0n) is 11.2. The molecule has 0 saturated carbocycles. The lowest BCUT2D eigenvalue weighted by Gasteiger charge is -2.36. The predicted octanol–water partition coefficient (Wildman–Crippen LogP) is 3.55. The van der Waals surface area contributed by atoms with E-state index < -0.39 is 0 Å². The second kappa shape index (κ2) is 6.50. The molecule has 0 radical (unpaired) electrons. The van der Waals surface area contributed by atoms with Crippen LogP contribution in [0, 0.1) is 5.82 Å². The Bertz CT molecular complexity index is 385. The number of hydrogen-bond acceptors (Lipinski definition) is 2. The van der Waals surface area contributed by atoms with Crippen molar-refractivity contribution in [1.82, 2.24) is 0 Å². The molecular formula is C14H21ClFNO. The maximum atomic E-state index is 13.2. The van der Waals surface area contributed by atoms with Crippen LogP contribution in [0.1, 0.15) is 32.3 Å². The van der Waals surface area contributed by atoms with Crippen LogP contribution in [0.3, 0.4) is 0 Å². The van der Waals surface area contributed by atoms with E-state index in [-0.39, 0.29) is 17.5 Å². The van der Waals surface area contributed by atoms with Gasteiger partial charge in [-0.05, 0) is 43.0 Å². The van der Waals surface area contributed by atoms with Gasteiger partial charge in [0.25, 0.3) is 0 Å². The van der Waals surface area contributed by atoms with Gasteiger partial charge in [-0.15, -0.1) is 0 Å². The Morgan fingerprint density at radius 1 is 1.39 bits per heavy atom. The van der Waals surface area contributed by atoms with Gasteiger partial charge in [0.05, 0.1) is 5.60 Å². The van der Waals surface area contributed by atoms with Gasteiger partial charge in [-0.25, -0.2) is 4.39 Å². The Kier molecular flexibility index (Phi) is 5.57. The highest BCUT2D eigenvalue weighted by molar-refractivity contribution is 6.31. The summed E-state index contributed by atoms with van der Waals surface area (Å²) in [5.74, 6) is -0.294. The normalized spacial score (nSPS) is 13.7. The quantitative estimate of drug-likeness (QED) is 0.860. The van der Waals surface area contributed by atoms with E-state index in [1.165, 1.54) is 12.1 Å². The molecule has 2 N–H and O–H groups in total. The van der Waals surface area contributed by atoms with E-state index in [2.05, 4.69) is 0 Å². The maximum absolute atomic E-state index is 13.2. The third kappa shape index (κ3) is 3.22. The van der Waals surface area contributed by atoms with E-state index in [0.717, 1.165) is 18.4 Å². The summed E-state index contributed by atoms with van der Waals surface area (Å²) in [6, 6.07) is 4.14. The summed E-state index contributed by atoms with van der Waals surface area (Å²) >= 11 is 6.06. The average molecular weight is 274 g/mol. The molecule has 4 heteroatoms. The van der Waals surface area contributed by atoms with E-state index in [4.69, 9.17) is 22.1 Å². The van der Waals surface area contributed by atoms with Crippen molar-refractivity contribution in [1.29, 1.82) is 0 Å². The number of benzene rings is 1. The largest absolute Gasteiger partial charge is 0.377 e. The first-order valence-electron chi connectivity index (χ1n) is 6.23. The van der Waals surface area contributed by atoms with Gasteiger partial charge >= 0.3 is 0 Å². The third-order valence-corrected chi connectivity index (χ3v) is 4.10. The van der Waals surface area contributed by atoms with Crippen molar-refractivity contribution in [3.63, 3.8) is 0 Å². The molecule has 0 aromatic heterocycles. The van der Waals surface area contributed by atoms with E-state index in [1.54, 1.807) is 13.2 Å². The summed E-state index contributed by atoms with van der Waals surface area (Å²) < 4.78 is 18.8. The molecule has 1 aromatic carbocycles. The van der Waals surface area contributed by atoms with Gasteiger partial charge < -0.3 is 10.5 Å². The molecule has 0 spiro atoms. The average Bonchev–Trinajstić information content (AvgIpc) is 2.37. The minimum Gasteiger partial charge on any atom is -0.377 e. The molecule has 1 rings (SSSR count). The van der Waals surface area contributed by atoms with E-state index in [1.807, 2.05) is 13.8 Å². The Morgan fingerprint density at radius 2 is 2.00 bits per heavy atom. The standard InChI is InChI=1S/C14H21ClFNO/c1-4-14(5-2,18-3)13(17)9-10-8-11(16)6-7-12(10)15/h6-8,13H,4-5,9,17H2,1-3H3. The fourth-order valence-electron chi connectivity index (χ4n) is 2.34. The second-order valence-electron chi connectivity index (χ2n) is 4.52. The highest BCUT2D eigenvalue weighted by Gasteiger charge is 2.33. The molecule has 1 unspecified atom stereocenters. The lowest BCUT2D eigenvalue weighted by atomic mass is 9.85. The molecule has 2 nitrogen and oxygen atoms in total. The summed E-state index contributed by atoms with van der Waals surface area (Å²) in [4.78, 5) is 0. The maximum Gasteiger partial charge on any atom is 0.123 e. The number of nitrogens with two attached hydrogens (primary N) is 1. The van der Waals surface area contributed by atoms with Gasteiger partial charge in [0.1, 0.15) is 5.82 Å². The third-order valence-electron chi connectivity index (χ3n) is 3.73. The van der Waals surface area contributed by atoms with Crippen LogP contribution in [0.5, 0.6) is 0 Å². The van der Waals surface area contributed by atoms with E-state index in [0.29, 0.717) is 11.4 Å². The zero-order valence-corrected chi connectivity index (χ0v) is 11.9. The van der Waals surface area contributed by atoms with Crippen LogP contribution in [0.15, 0.2) is 18.2 Å². The summed E-state index contributed by atoms with van der Waals surface area (Å²) in [5.41, 5.74) is 6.58. The summed E-state index contributed by atoms with van der Waals surface area (Å²) in [6.07, 6.45) is 2.13. The molecule has 1 aromatic rings. The Labute approximate surface area is 113 Å². The van der Waals surface area contributed by atoms with Crippen LogP contribution < -0.4 is 5.73 Å². The number of methoxy groups -OCH3 is 1. The molecular weight excluding hydrogens is 253 g/mol. The second-order valence-corrected chi connectivity index (χ2v) is 4.93. The van der Waals surface area contributed by atoms with Gasteiger partial charge in [0.2, 0.25) is 0 Å². The van der Waals surface area contributed by atoms with Gasteiger partial charge in [-0.3, -0.25) is 0 Å². The molecule has 0 aliphatic carbocycles. The smallest absolute Gasteiger partial charge is 0.123 e. The first-order valence-corrected chi connectivity index (χ1v) is 6.61. The van der Waals surface area contributed by atoms with Crippen molar-refractivity contribution in [2.24, 2.45) is 5.73 Å². The van der Waals surface area contributed by atoms with Gasteiger partial charge in [-0.1, -0.05) is 25.4 Å². The van der Waals surface area contributed by atoms with Crippen molar-refractivity contribution in [2.75, 3.05) is 7.11 Å². The van der Waals surface area contributed by atoms with Gasteiger partial charge in [0.15, 0.2) is 0 Å². The minimum atomic E-state index is -0.379. The lowest BCUT2D eigenvalue weighted by molar-refractivity contribution is -0.0374. The summed E-state index contributed by atoms with van der Waals surface area (Å²) in [7, 11) is 1.67. The first-order chi connectivity index (χ1) is 8.49. The molecule has 0 bridgehead atoms. The summed E-state index contributed by atoms with van der Waals surface area (Å²) in [5, 5.41) is 0.545. The van der Waals surface area contributed by atoms with E-state index >= 15 is 0 Å². The monoisotopic (exact) mass is 273 g/mol. The highest BCUT2D eigenvalue weighted by Crippen LogP contribution is 2.27. The molecule has 18 heavy (non-hydrogen) atoms. The topological polar surface area (TPSA) is 35.2 Å². The molecule has 0 saturated heterocycles. The number of hydrogen-bond donors (Lipinski definition) is 1. The van der Waals surface area contributed by atoms with Gasteiger partial charge in [0, 0.05) is 18.2 Å².